The summed E-state index contributed by atoms with van der Waals surface area (Å²) in [6.07, 6.45) is 12.4. The molecule has 0 aromatic heterocycles. The van der Waals surface area contributed by atoms with Crippen molar-refractivity contribution in [2.24, 2.45) is 0 Å². The molecule has 1 rings (SSSR count). The van der Waals surface area contributed by atoms with Crippen LogP contribution in [0.4, 0.5) is 0 Å². The summed E-state index contributed by atoms with van der Waals surface area (Å²) in [7, 11) is 0. The minimum absolute atomic E-state index is 0.00630. The maximum absolute atomic E-state index is 11.4. The predicted molar refractivity (Wildman–Crippen MR) is 87.5 cm³/mol. The first-order valence-corrected chi connectivity index (χ1v) is 8.97. The second kappa shape index (κ2) is 12.0. The molecule has 0 aromatic rings. The van der Waals surface area contributed by atoms with E-state index in [2.05, 4.69) is 6.92 Å². The van der Waals surface area contributed by atoms with E-state index in [0.29, 0.717) is 6.42 Å². The van der Waals surface area contributed by atoms with Crippen LogP contribution in [0.25, 0.3) is 0 Å². The van der Waals surface area contributed by atoms with E-state index in [1.807, 2.05) is 0 Å². The van der Waals surface area contributed by atoms with Gasteiger partial charge in [0.15, 0.2) is 5.76 Å². The second-order valence-corrected chi connectivity index (χ2v) is 6.11. The normalized spacial score (nSPS) is 19.0. The van der Waals surface area contributed by atoms with Crippen molar-refractivity contribution in [2.45, 2.75) is 90.4 Å². The lowest BCUT2D eigenvalue weighted by molar-refractivity contribution is -0.153. The molecule has 0 saturated heterocycles. The number of carbonyl (C=O) groups excluding carboxylic acids is 2. The topological polar surface area (TPSA) is 72.8 Å². The van der Waals surface area contributed by atoms with Crippen molar-refractivity contribution in [3.8, 4) is 0 Å². The SMILES string of the molecule is CCCCCCCCCCCC/C1=C(\O)OC(=O)CCC(=O)O1. The lowest BCUT2D eigenvalue weighted by atomic mass is 10.1. The molecule has 0 spiro atoms. The van der Waals surface area contributed by atoms with Gasteiger partial charge in [0.2, 0.25) is 0 Å². The summed E-state index contributed by atoms with van der Waals surface area (Å²) in [4.78, 5) is 22.7. The summed E-state index contributed by atoms with van der Waals surface area (Å²) in [5, 5.41) is 9.66. The third kappa shape index (κ3) is 9.26. The molecule has 132 valence electrons. The highest BCUT2D eigenvalue weighted by molar-refractivity contribution is 5.79. The van der Waals surface area contributed by atoms with Gasteiger partial charge in [-0.1, -0.05) is 64.7 Å². The quantitative estimate of drug-likeness (QED) is 0.431. The summed E-state index contributed by atoms with van der Waals surface area (Å²) >= 11 is 0. The number of hydrogen-bond acceptors (Lipinski definition) is 5. The van der Waals surface area contributed by atoms with E-state index in [1.54, 1.807) is 0 Å². The van der Waals surface area contributed by atoms with Gasteiger partial charge in [-0.05, 0) is 6.42 Å². The molecule has 23 heavy (non-hydrogen) atoms. The van der Waals surface area contributed by atoms with Crippen molar-refractivity contribution in [2.75, 3.05) is 0 Å². The Morgan fingerprint density at radius 1 is 0.783 bits per heavy atom. The van der Waals surface area contributed by atoms with Crippen LogP contribution in [0.1, 0.15) is 90.4 Å². The first-order valence-electron chi connectivity index (χ1n) is 8.97. The Balaban J connectivity index is 2.13. The lowest BCUT2D eigenvalue weighted by Crippen LogP contribution is -2.16. The fourth-order valence-electron chi connectivity index (χ4n) is 2.58. The lowest BCUT2D eigenvalue weighted by Gasteiger charge is -2.13. The van der Waals surface area contributed by atoms with Crippen LogP contribution in [-0.2, 0) is 19.1 Å². The molecule has 0 fully saturated rings. The highest BCUT2D eigenvalue weighted by atomic mass is 16.6. The van der Waals surface area contributed by atoms with Crippen molar-refractivity contribution in [3.63, 3.8) is 0 Å². The maximum Gasteiger partial charge on any atom is 0.325 e. The zero-order chi connectivity index (χ0) is 16.9. The number of ether oxygens (including phenoxy) is 2. The molecule has 0 aliphatic carbocycles. The third-order valence-electron chi connectivity index (χ3n) is 3.98. The van der Waals surface area contributed by atoms with Crippen LogP contribution in [0.5, 0.6) is 0 Å². The summed E-state index contributed by atoms with van der Waals surface area (Å²) in [6, 6.07) is 0. The van der Waals surface area contributed by atoms with Crippen LogP contribution in [0, 0.1) is 0 Å². The van der Waals surface area contributed by atoms with Gasteiger partial charge in [-0.2, -0.15) is 0 Å². The number of hydrogen-bond donors (Lipinski definition) is 1. The van der Waals surface area contributed by atoms with Crippen molar-refractivity contribution in [3.05, 3.63) is 11.7 Å². The van der Waals surface area contributed by atoms with Gasteiger partial charge < -0.3 is 14.6 Å². The summed E-state index contributed by atoms with van der Waals surface area (Å²) in [5.74, 6) is -1.56. The Morgan fingerprint density at radius 3 is 1.83 bits per heavy atom. The Kier molecular flexibility index (Phi) is 10.2. The highest BCUT2D eigenvalue weighted by Gasteiger charge is 2.21. The van der Waals surface area contributed by atoms with E-state index < -0.39 is 17.9 Å². The Morgan fingerprint density at radius 2 is 1.26 bits per heavy atom. The van der Waals surface area contributed by atoms with Crippen LogP contribution in [0.15, 0.2) is 11.7 Å². The maximum atomic E-state index is 11.4. The molecular weight excluding hydrogens is 296 g/mol. The summed E-state index contributed by atoms with van der Waals surface area (Å²) in [5.41, 5.74) is 0. The predicted octanol–water partition coefficient (Wildman–Crippen LogP) is 4.90. The summed E-state index contributed by atoms with van der Waals surface area (Å²) < 4.78 is 9.76. The van der Waals surface area contributed by atoms with E-state index in [-0.39, 0.29) is 18.6 Å². The molecule has 1 aliphatic heterocycles. The first-order chi connectivity index (χ1) is 11.1. The fraction of sp³-hybridized carbons (Fsp3) is 0.778. The molecule has 0 unspecified atom stereocenters. The number of unbranched alkanes of at least 4 members (excludes halogenated alkanes) is 9. The van der Waals surface area contributed by atoms with Crippen LogP contribution in [0.3, 0.4) is 0 Å². The van der Waals surface area contributed by atoms with E-state index in [1.165, 1.54) is 44.9 Å². The highest BCUT2D eigenvalue weighted by Crippen LogP contribution is 2.20. The molecule has 0 radical (unpaired) electrons. The number of aliphatic hydroxyl groups is 1. The van der Waals surface area contributed by atoms with Crippen molar-refractivity contribution < 1.29 is 24.2 Å². The average Bonchev–Trinajstić information content (AvgIpc) is 2.52. The fourth-order valence-corrected chi connectivity index (χ4v) is 2.58. The average molecular weight is 326 g/mol. The van der Waals surface area contributed by atoms with Gasteiger partial charge in [-0.25, -0.2) is 0 Å². The second-order valence-electron chi connectivity index (χ2n) is 6.11. The van der Waals surface area contributed by atoms with Gasteiger partial charge in [-0.15, -0.1) is 0 Å². The molecule has 0 bridgehead atoms. The van der Waals surface area contributed by atoms with Crippen LogP contribution in [-0.4, -0.2) is 17.0 Å². The largest absolute Gasteiger partial charge is 0.478 e. The molecule has 0 amide bonds. The minimum atomic E-state index is -0.597. The number of cyclic esters (lactones) is 2. The van der Waals surface area contributed by atoms with Gasteiger partial charge in [0.1, 0.15) is 0 Å². The number of esters is 2. The molecule has 1 aliphatic rings. The van der Waals surface area contributed by atoms with Gasteiger partial charge in [0.05, 0.1) is 12.8 Å². The van der Waals surface area contributed by atoms with E-state index in [9.17, 15) is 14.7 Å². The number of carbonyl (C=O) groups is 2. The van der Waals surface area contributed by atoms with Crippen molar-refractivity contribution in [1.82, 2.24) is 0 Å². The first kappa shape index (κ1) is 19.5. The molecule has 1 N–H and O–H groups in total. The van der Waals surface area contributed by atoms with Gasteiger partial charge in [-0.3, -0.25) is 9.59 Å². The molecule has 5 heteroatoms. The Hall–Kier alpha value is -1.52. The molecule has 0 aromatic carbocycles. The van der Waals surface area contributed by atoms with E-state index in [0.717, 1.165) is 19.3 Å². The van der Waals surface area contributed by atoms with Gasteiger partial charge in [0.25, 0.3) is 0 Å². The number of rotatable bonds is 11. The van der Waals surface area contributed by atoms with E-state index in [4.69, 9.17) is 9.47 Å². The molecule has 1 heterocycles. The summed E-state index contributed by atoms with van der Waals surface area (Å²) in [6.45, 7) is 2.22. The van der Waals surface area contributed by atoms with Crippen LogP contribution in [0.2, 0.25) is 0 Å². The number of allylic oxidation sites excluding steroid dienone is 1. The van der Waals surface area contributed by atoms with E-state index >= 15 is 0 Å². The zero-order valence-corrected chi connectivity index (χ0v) is 14.3. The molecule has 5 nitrogen and oxygen atoms in total. The number of aliphatic hydroxyl groups excluding tert-OH is 1. The smallest absolute Gasteiger partial charge is 0.325 e. The van der Waals surface area contributed by atoms with Crippen LogP contribution >= 0.6 is 0 Å². The van der Waals surface area contributed by atoms with Crippen molar-refractivity contribution >= 4 is 11.9 Å². The standard InChI is InChI=1S/C18H30O5/c1-2-3-4-5-6-7-8-9-10-11-12-15-18(21)23-17(20)14-13-16(19)22-15/h21H,2-14H2,1H3/b18-15-. The third-order valence-corrected chi connectivity index (χ3v) is 3.98. The molecular formula is C18H30O5. The van der Waals surface area contributed by atoms with Gasteiger partial charge in [0, 0.05) is 6.42 Å². The molecule has 0 saturated carbocycles. The van der Waals surface area contributed by atoms with Gasteiger partial charge >= 0.3 is 17.9 Å². The Labute approximate surface area is 139 Å². The monoisotopic (exact) mass is 326 g/mol. The van der Waals surface area contributed by atoms with Crippen LogP contribution < -0.4 is 0 Å². The van der Waals surface area contributed by atoms with Crippen molar-refractivity contribution in [1.29, 1.82) is 0 Å². The molecule has 0 atom stereocenters. The minimum Gasteiger partial charge on any atom is -0.478 e. The zero-order valence-electron chi connectivity index (χ0n) is 14.3. The Bertz CT molecular complexity index is 400.